The summed E-state index contributed by atoms with van der Waals surface area (Å²) in [5.74, 6) is 0.398. The molecule has 1 N–H and O–H groups in total. The number of benzene rings is 2. The third-order valence-electron chi connectivity index (χ3n) is 4.75. The molecule has 2 aromatic heterocycles. The Morgan fingerprint density at radius 1 is 1.07 bits per heavy atom. The van der Waals surface area contributed by atoms with Crippen molar-refractivity contribution in [1.82, 2.24) is 30.0 Å². The molecule has 1 aliphatic heterocycles. The lowest BCUT2D eigenvalue weighted by Crippen LogP contribution is -2.33. The molecule has 0 saturated carbocycles. The van der Waals surface area contributed by atoms with Crippen molar-refractivity contribution in [2.45, 2.75) is 13.0 Å². The summed E-state index contributed by atoms with van der Waals surface area (Å²) >= 11 is 6.05. The minimum absolute atomic E-state index is 0.264. The first-order chi connectivity index (χ1) is 13.6. The zero-order chi connectivity index (χ0) is 19.3. The molecule has 9 heteroatoms. The number of para-hydroxylation sites is 1. The molecule has 1 aliphatic rings. The van der Waals surface area contributed by atoms with Crippen molar-refractivity contribution in [2.75, 3.05) is 5.32 Å². The van der Waals surface area contributed by atoms with E-state index in [1.54, 1.807) is 16.8 Å². The number of hydrogen-bond donors (Lipinski definition) is 1. The second-order valence-corrected chi connectivity index (χ2v) is 6.89. The van der Waals surface area contributed by atoms with E-state index in [2.05, 4.69) is 25.9 Å². The summed E-state index contributed by atoms with van der Waals surface area (Å²) in [7, 11) is 0. The Balaban J connectivity index is 1.77. The molecule has 8 nitrogen and oxygen atoms in total. The van der Waals surface area contributed by atoms with E-state index >= 15 is 0 Å². The molecule has 3 heterocycles. The molecule has 0 aliphatic carbocycles. The quantitative estimate of drug-likeness (QED) is 0.497. The maximum atomic E-state index is 13.3. The van der Waals surface area contributed by atoms with Crippen LogP contribution in [0.25, 0.3) is 5.69 Å². The summed E-state index contributed by atoms with van der Waals surface area (Å²) in [6, 6.07) is 16.3. The number of halogens is 1. The van der Waals surface area contributed by atoms with Gasteiger partial charge in [-0.15, -0.1) is 0 Å². The maximum absolute atomic E-state index is 13.3. The van der Waals surface area contributed by atoms with Gasteiger partial charge in [-0.25, -0.2) is 0 Å². The van der Waals surface area contributed by atoms with Gasteiger partial charge in [-0.2, -0.15) is 14.5 Å². The van der Waals surface area contributed by atoms with Crippen LogP contribution in [0.1, 0.15) is 22.9 Å². The highest BCUT2D eigenvalue weighted by Gasteiger charge is 2.33. The Hall–Kier alpha value is -3.52. The number of tetrazole rings is 1. The molecule has 2 aromatic carbocycles. The molecular formula is C19H14ClN7O. The van der Waals surface area contributed by atoms with Gasteiger partial charge in [-0.05, 0) is 47.2 Å². The van der Waals surface area contributed by atoms with Crippen LogP contribution in [0.15, 0.2) is 59.4 Å². The lowest BCUT2D eigenvalue weighted by atomic mass is 9.95. The highest BCUT2D eigenvalue weighted by molar-refractivity contribution is 6.30. The molecule has 0 amide bonds. The van der Waals surface area contributed by atoms with Gasteiger partial charge in [0.25, 0.3) is 5.56 Å². The van der Waals surface area contributed by atoms with E-state index in [0.29, 0.717) is 28.0 Å². The van der Waals surface area contributed by atoms with Crippen LogP contribution in [0.4, 0.5) is 11.6 Å². The fourth-order valence-corrected chi connectivity index (χ4v) is 3.61. The van der Waals surface area contributed by atoms with E-state index in [9.17, 15) is 4.79 Å². The Morgan fingerprint density at radius 3 is 2.57 bits per heavy atom. The molecule has 0 fully saturated rings. The first kappa shape index (κ1) is 16.6. The van der Waals surface area contributed by atoms with Crippen molar-refractivity contribution in [3.63, 3.8) is 0 Å². The number of anilines is 2. The first-order valence-electron chi connectivity index (χ1n) is 8.63. The number of nitrogens with zero attached hydrogens (tertiary/aromatic N) is 6. The number of rotatable bonds is 2. The van der Waals surface area contributed by atoms with Crippen LogP contribution in [0.5, 0.6) is 0 Å². The maximum Gasteiger partial charge on any atom is 0.295 e. The molecule has 5 rings (SSSR count). The molecule has 138 valence electrons. The SMILES string of the molecule is Cc1nn(-c2ccccc2)c(=O)c2c1C(c1ccc(Cl)cc1)n1nnnc1N2. The standard InChI is InChI=1S/C19H14ClN7O/c1-11-15-16(18(28)26(23-11)14-5-3-2-4-6-14)21-19-22-24-25-27(19)17(15)12-7-9-13(20)10-8-12/h2-10,17H,1H3,(H,21,22,25). The Kier molecular flexibility index (Phi) is 3.73. The summed E-state index contributed by atoms with van der Waals surface area (Å²) in [6.45, 7) is 1.87. The summed E-state index contributed by atoms with van der Waals surface area (Å²) in [4.78, 5) is 13.3. The van der Waals surface area contributed by atoms with Gasteiger partial charge in [-0.3, -0.25) is 4.79 Å². The van der Waals surface area contributed by atoms with Crippen molar-refractivity contribution < 1.29 is 0 Å². The molecule has 0 spiro atoms. The number of fused-ring (bicyclic) bond motifs is 2. The van der Waals surface area contributed by atoms with E-state index in [0.717, 1.165) is 11.1 Å². The highest BCUT2D eigenvalue weighted by Crippen LogP contribution is 2.38. The second-order valence-electron chi connectivity index (χ2n) is 6.45. The number of nitrogens with one attached hydrogen (secondary N) is 1. The summed E-state index contributed by atoms with van der Waals surface area (Å²) in [6.07, 6.45) is 0. The van der Waals surface area contributed by atoms with Crippen LogP contribution in [0.3, 0.4) is 0 Å². The number of aryl methyl sites for hydroxylation is 1. The van der Waals surface area contributed by atoms with Gasteiger partial charge in [0.05, 0.1) is 11.4 Å². The lowest BCUT2D eigenvalue weighted by Gasteiger charge is -2.28. The van der Waals surface area contributed by atoms with Crippen molar-refractivity contribution in [3.8, 4) is 5.69 Å². The lowest BCUT2D eigenvalue weighted by molar-refractivity contribution is 0.559. The average molecular weight is 392 g/mol. The molecular weight excluding hydrogens is 378 g/mol. The zero-order valence-electron chi connectivity index (χ0n) is 14.7. The van der Waals surface area contributed by atoms with Crippen LogP contribution in [0, 0.1) is 6.92 Å². The average Bonchev–Trinajstić information content (AvgIpc) is 3.19. The predicted molar refractivity (Wildman–Crippen MR) is 104 cm³/mol. The van der Waals surface area contributed by atoms with Gasteiger partial charge < -0.3 is 5.32 Å². The zero-order valence-corrected chi connectivity index (χ0v) is 15.5. The van der Waals surface area contributed by atoms with Gasteiger partial charge in [-0.1, -0.05) is 47.0 Å². The van der Waals surface area contributed by atoms with E-state index in [4.69, 9.17) is 11.6 Å². The van der Waals surface area contributed by atoms with E-state index in [1.807, 2.05) is 49.4 Å². The largest absolute Gasteiger partial charge is 0.318 e. The van der Waals surface area contributed by atoms with Crippen LogP contribution >= 0.6 is 11.6 Å². The normalized spacial score (nSPS) is 14.9. The van der Waals surface area contributed by atoms with Crippen LogP contribution < -0.4 is 10.9 Å². The minimum Gasteiger partial charge on any atom is -0.318 e. The first-order valence-corrected chi connectivity index (χ1v) is 9.01. The van der Waals surface area contributed by atoms with E-state index in [-0.39, 0.29) is 11.6 Å². The topological polar surface area (TPSA) is 90.5 Å². The van der Waals surface area contributed by atoms with E-state index in [1.165, 1.54) is 4.68 Å². The number of hydrogen-bond acceptors (Lipinski definition) is 6. The Bertz CT molecular complexity index is 1230. The van der Waals surface area contributed by atoms with Crippen molar-refractivity contribution in [1.29, 1.82) is 0 Å². The highest BCUT2D eigenvalue weighted by atomic mass is 35.5. The monoisotopic (exact) mass is 391 g/mol. The van der Waals surface area contributed by atoms with Crippen LogP contribution in [-0.4, -0.2) is 30.0 Å². The van der Waals surface area contributed by atoms with Gasteiger partial charge in [0.2, 0.25) is 5.95 Å². The third kappa shape index (κ3) is 2.49. The predicted octanol–water partition coefficient (Wildman–Crippen LogP) is 2.88. The molecule has 0 radical (unpaired) electrons. The molecule has 1 unspecified atom stereocenters. The van der Waals surface area contributed by atoms with Crippen molar-refractivity contribution in [3.05, 3.63) is 86.8 Å². The summed E-state index contributed by atoms with van der Waals surface area (Å²) in [5, 5.41) is 20.2. The third-order valence-corrected chi connectivity index (χ3v) is 5.00. The Morgan fingerprint density at radius 2 is 1.82 bits per heavy atom. The number of aromatic nitrogens is 6. The van der Waals surface area contributed by atoms with Crippen molar-refractivity contribution in [2.24, 2.45) is 0 Å². The summed E-state index contributed by atoms with van der Waals surface area (Å²) < 4.78 is 3.03. The van der Waals surface area contributed by atoms with Crippen LogP contribution in [-0.2, 0) is 0 Å². The van der Waals surface area contributed by atoms with Crippen molar-refractivity contribution >= 4 is 23.2 Å². The van der Waals surface area contributed by atoms with Gasteiger partial charge in [0, 0.05) is 10.6 Å². The fourth-order valence-electron chi connectivity index (χ4n) is 3.49. The molecule has 1 atom stereocenters. The minimum atomic E-state index is -0.385. The smallest absolute Gasteiger partial charge is 0.295 e. The van der Waals surface area contributed by atoms with Gasteiger partial charge in [0.1, 0.15) is 11.7 Å². The van der Waals surface area contributed by atoms with Gasteiger partial charge in [0.15, 0.2) is 0 Å². The second kappa shape index (κ2) is 6.28. The molecule has 0 saturated heterocycles. The van der Waals surface area contributed by atoms with E-state index < -0.39 is 0 Å². The fraction of sp³-hybridized carbons (Fsp3) is 0.105. The Labute approximate surface area is 164 Å². The molecule has 4 aromatic rings. The molecule has 28 heavy (non-hydrogen) atoms. The van der Waals surface area contributed by atoms with Crippen LogP contribution in [0.2, 0.25) is 5.02 Å². The summed E-state index contributed by atoms with van der Waals surface area (Å²) in [5.41, 5.74) is 3.18. The molecule has 0 bridgehead atoms. The van der Waals surface area contributed by atoms with Gasteiger partial charge >= 0.3 is 0 Å².